The summed E-state index contributed by atoms with van der Waals surface area (Å²) in [4.78, 5) is 22.3. The van der Waals surface area contributed by atoms with Gasteiger partial charge in [0.2, 0.25) is 0 Å². The molecular formula is C11H11N3O. The molecule has 2 aromatic heterocycles. The normalized spacial score (nSPS) is 10.2. The number of H-pyrrole nitrogens is 1. The maximum atomic E-state index is 11.3. The molecule has 0 aliphatic carbocycles. The van der Waals surface area contributed by atoms with E-state index in [0.29, 0.717) is 5.82 Å². The second kappa shape index (κ2) is 4.04. The summed E-state index contributed by atoms with van der Waals surface area (Å²) in [5.41, 5.74) is 1.55. The molecule has 76 valence electrons. The summed E-state index contributed by atoms with van der Waals surface area (Å²) in [7, 11) is 0. The molecule has 0 saturated heterocycles. The predicted octanol–water partition coefficient (Wildman–Crippen LogP) is 1.39. The van der Waals surface area contributed by atoms with Crippen molar-refractivity contribution in [3.05, 3.63) is 46.6 Å². The lowest BCUT2D eigenvalue weighted by Crippen LogP contribution is -2.09. The second-order valence-corrected chi connectivity index (χ2v) is 3.17. The topological polar surface area (TPSA) is 58.6 Å². The van der Waals surface area contributed by atoms with Crippen LogP contribution in [0.5, 0.6) is 0 Å². The maximum absolute atomic E-state index is 11.3. The third-order valence-electron chi connectivity index (χ3n) is 2.11. The number of nitrogens with one attached hydrogen (secondary N) is 1. The SMILES string of the molecule is CCc1cc(=O)[nH]c(-c2ccncc2)n1. The van der Waals surface area contributed by atoms with Gasteiger partial charge in [0.05, 0.1) is 0 Å². The van der Waals surface area contributed by atoms with Crippen LogP contribution in [0.15, 0.2) is 35.4 Å². The van der Waals surface area contributed by atoms with Crippen molar-refractivity contribution in [3.63, 3.8) is 0 Å². The highest BCUT2D eigenvalue weighted by atomic mass is 16.1. The van der Waals surface area contributed by atoms with Gasteiger partial charge in [-0.3, -0.25) is 9.78 Å². The predicted molar refractivity (Wildman–Crippen MR) is 57.5 cm³/mol. The molecule has 0 amide bonds. The molecule has 4 nitrogen and oxygen atoms in total. The van der Waals surface area contributed by atoms with Crippen LogP contribution in [-0.2, 0) is 6.42 Å². The lowest BCUT2D eigenvalue weighted by molar-refractivity contribution is 0.986. The van der Waals surface area contributed by atoms with Crippen LogP contribution in [0.2, 0.25) is 0 Å². The van der Waals surface area contributed by atoms with Crippen LogP contribution >= 0.6 is 0 Å². The van der Waals surface area contributed by atoms with E-state index in [4.69, 9.17) is 0 Å². The fraction of sp³-hybridized carbons (Fsp3) is 0.182. The first-order valence-electron chi connectivity index (χ1n) is 4.80. The van der Waals surface area contributed by atoms with Gasteiger partial charge < -0.3 is 4.98 Å². The second-order valence-electron chi connectivity index (χ2n) is 3.17. The van der Waals surface area contributed by atoms with E-state index >= 15 is 0 Å². The molecule has 2 aromatic rings. The van der Waals surface area contributed by atoms with Crippen molar-refractivity contribution in [3.8, 4) is 11.4 Å². The highest BCUT2D eigenvalue weighted by molar-refractivity contribution is 5.53. The monoisotopic (exact) mass is 201 g/mol. The van der Waals surface area contributed by atoms with Crippen LogP contribution in [0.3, 0.4) is 0 Å². The quantitative estimate of drug-likeness (QED) is 0.798. The number of aryl methyl sites for hydroxylation is 1. The van der Waals surface area contributed by atoms with E-state index in [-0.39, 0.29) is 5.56 Å². The molecule has 0 aliphatic rings. The minimum Gasteiger partial charge on any atom is -0.307 e. The maximum Gasteiger partial charge on any atom is 0.251 e. The van der Waals surface area contributed by atoms with Gasteiger partial charge in [-0.05, 0) is 18.6 Å². The number of aromatic amines is 1. The van der Waals surface area contributed by atoms with E-state index in [1.807, 2.05) is 19.1 Å². The Hall–Kier alpha value is -1.97. The molecule has 0 spiro atoms. The van der Waals surface area contributed by atoms with Crippen molar-refractivity contribution in [2.75, 3.05) is 0 Å². The van der Waals surface area contributed by atoms with Crippen LogP contribution in [-0.4, -0.2) is 15.0 Å². The third-order valence-corrected chi connectivity index (χ3v) is 2.11. The molecule has 0 atom stereocenters. The van der Waals surface area contributed by atoms with Crippen molar-refractivity contribution >= 4 is 0 Å². The van der Waals surface area contributed by atoms with Crippen LogP contribution < -0.4 is 5.56 Å². The molecule has 2 rings (SSSR count). The lowest BCUT2D eigenvalue weighted by atomic mass is 10.2. The van der Waals surface area contributed by atoms with E-state index in [1.165, 1.54) is 6.07 Å². The smallest absolute Gasteiger partial charge is 0.251 e. The molecule has 1 N–H and O–H groups in total. The summed E-state index contributed by atoms with van der Waals surface area (Å²) in [6.07, 6.45) is 4.10. The van der Waals surface area contributed by atoms with Gasteiger partial charge in [0.25, 0.3) is 5.56 Å². The van der Waals surface area contributed by atoms with Gasteiger partial charge in [-0.15, -0.1) is 0 Å². The van der Waals surface area contributed by atoms with Crippen LogP contribution in [0.4, 0.5) is 0 Å². The Morgan fingerprint density at radius 2 is 2.07 bits per heavy atom. The molecule has 0 fully saturated rings. The molecule has 4 heteroatoms. The standard InChI is InChI=1S/C11H11N3O/c1-2-9-7-10(15)14-11(13-9)8-3-5-12-6-4-8/h3-7H,2H2,1H3,(H,13,14,15). The van der Waals surface area contributed by atoms with Crippen molar-refractivity contribution in [2.45, 2.75) is 13.3 Å². The number of nitrogens with zero attached hydrogens (tertiary/aromatic N) is 2. The number of rotatable bonds is 2. The van der Waals surface area contributed by atoms with Gasteiger partial charge >= 0.3 is 0 Å². The molecule has 15 heavy (non-hydrogen) atoms. The lowest BCUT2D eigenvalue weighted by Gasteiger charge is -2.01. The summed E-state index contributed by atoms with van der Waals surface area (Å²) in [6, 6.07) is 5.15. The Balaban J connectivity index is 2.54. The first kappa shape index (κ1) is 9.58. The first-order valence-corrected chi connectivity index (χ1v) is 4.80. The summed E-state index contributed by atoms with van der Waals surface area (Å²) in [6.45, 7) is 1.97. The zero-order valence-electron chi connectivity index (χ0n) is 8.40. The summed E-state index contributed by atoms with van der Waals surface area (Å²) >= 11 is 0. The molecule has 0 saturated carbocycles. The Labute approximate surface area is 87.0 Å². The van der Waals surface area contributed by atoms with E-state index in [9.17, 15) is 4.79 Å². The van der Waals surface area contributed by atoms with Gasteiger partial charge in [0, 0.05) is 29.7 Å². The first-order chi connectivity index (χ1) is 7.29. The average Bonchev–Trinajstić information content (AvgIpc) is 2.29. The van der Waals surface area contributed by atoms with Crippen LogP contribution in [0.25, 0.3) is 11.4 Å². The average molecular weight is 201 g/mol. The Kier molecular flexibility index (Phi) is 2.58. The fourth-order valence-corrected chi connectivity index (χ4v) is 1.34. The van der Waals surface area contributed by atoms with Gasteiger partial charge in [0.1, 0.15) is 5.82 Å². The largest absolute Gasteiger partial charge is 0.307 e. The summed E-state index contributed by atoms with van der Waals surface area (Å²) in [5, 5.41) is 0. The summed E-state index contributed by atoms with van der Waals surface area (Å²) < 4.78 is 0. The van der Waals surface area contributed by atoms with E-state index in [0.717, 1.165) is 17.7 Å². The zero-order chi connectivity index (χ0) is 10.7. The van der Waals surface area contributed by atoms with Gasteiger partial charge in [-0.1, -0.05) is 6.92 Å². The Morgan fingerprint density at radius 3 is 2.73 bits per heavy atom. The highest BCUT2D eigenvalue weighted by Gasteiger charge is 2.01. The number of hydrogen-bond donors (Lipinski definition) is 1. The molecule has 0 radical (unpaired) electrons. The van der Waals surface area contributed by atoms with E-state index in [2.05, 4.69) is 15.0 Å². The third kappa shape index (κ3) is 2.10. The highest BCUT2D eigenvalue weighted by Crippen LogP contribution is 2.11. The molecule has 2 heterocycles. The minimum atomic E-state index is -0.117. The van der Waals surface area contributed by atoms with Crippen molar-refractivity contribution in [2.24, 2.45) is 0 Å². The van der Waals surface area contributed by atoms with Gasteiger partial charge in [-0.2, -0.15) is 0 Å². The van der Waals surface area contributed by atoms with E-state index < -0.39 is 0 Å². The number of hydrogen-bond acceptors (Lipinski definition) is 3. The number of pyridine rings is 1. The van der Waals surface area contributed by atoms with Gasteiger partial charge in [-0.25, -0.2) is 4.98 Å². The fourth-order valence-electron chi connectivity index (χ4n) is 1.34. The molecular weight excluding hydrogens is 190 g/mol. The van der Waals surface area contributed by atoms with E-state index in [1.54, 1.807) is 12.4 Å². The molecule has 0 aromatic carbocycles. The van der Waals surface area contributed by atoms with Crippen LogP contribution in [0, 0.1) is 0 Å². The van der Waals surface area contributed by atoms with Gasteiger partial charge in [0.15, 0.2) is 0 Å². The molecule has 0 aliphatic heterocycles. The number of aromatic nitrogens is 3. The minimum absolute atomic E-state index is 0.117. The van der Waals surface area contributed by atoms with Crippen LogP contribution in [0.1, 0.15) is 12.6 Å². The summed E-state index contributed by atoms with van der Waals surface area (Å²) in [5.74, 6) is 0.599. The van der Waals surface area contributed by atoms with Crippen molar-refractivity contribution in [1.29, 1.82) is 0 Å². The Bertz CT molecular complexity index is 505. The zero-order valence-corrected chi connectivity index (χ0v) is 8.40. The molecule has 0 bridgehead atoms. The molecule has 0 unspecified atom stereocenters. The van der Waals surface area contributed by atoms with Crippen molar-refractivity contribution < 1.29 is 0 Å². The van der Waals surface area contributed by atoms with Crippen molar-refractivity contribution in [1.82, 2.24) is 15.0 Å². The Morgan fingerprint density at radius 1 is 1.33 bits per heavy atom.